The first kappa shape index (κ1) is 12.4. The van der Waals surface area contributed by atoms with Crippen LogP contribution < -0.4 is 5.73 Å². The molecule has 2 rings (SSSR count). The summed E-state index contributed by atoms with van der Waals surface area (Å²) in [6.07, 6.45) is 6.83. The minimum absolute atomic E-state index is 0.532. The Morgan fingerprint density at radius 2 is 2.06 bits per heavy atom. The highest BCUT2D eigenvalue weighted by molar-refractivity contribution is 4.92. The highest BCUT2D eigenvalue weighted by atomic mass is 15.2. The third-order valence-corrected chi connectivity index (χ3v) is 4.53. The van der Waals surface area contributed by atoms with Gasteiger partial charge in [-0.05, 0) is 50.0 Å². The van der Waals surface area contributed by atoms with Crippen molar-refractivity contribution in [3.05, 3.63) is 0 Å². The van der Waals surface area contributed by atoms with E-state index < -0.39 is 0 Å². The average Bonchev–Trinajstić information content (AvgIpc) is 2.61. The molecular weight excluding hydrogens is 196 g/mol. The van der Waals surface area contributed by atoms with Gasteiger partial charge >= 0.3 is 0 Å². The number of rotatable bonds is 2. The van der Waals surface area contributed by atoms with Crippen LogP contribution in [0.5, 0.6) is 0 Å². The molecule has 0 amide bonds. The van der Waals surface area contributed by atoms with Crippen LogP contribution in [0.2, 0.25) is 0 Å². The van der Waals surface area contributed by atoms with E-state index in [1.165, 1.54) is 38.6 Å². The van der Waals surface area contributed by atoms with E-state index >= 15 is 0 Å². The van der Waals surface area contributed by atoms with Crippen LogP contribution in [-0.4, -0.2) is 30.1 Å². The second kappa shape index (κ2) is 4.66. The zero-order chi connectivity index (χ0) is 11.8. The molecule has 2 nitrogen and oxygen atoms in total. The lowest BCUT2D eigenvalue weighted by Gasteiger charge is -2.44. The first-order chi connectivity index (χ1) is 7.52. The van der Waals surface area contributed by atoms with Gasteiger partial charge in [0.15, 0.2) is 0 Å². The molecule has 2 N–H and O–H groups in total. The Labute approximate surface area is 101 Å². The fourth-order valence-electron chi connectivity index (χ4n) is 4.14. The van der Waals surface area contributed by atoms with E-state index in [9.17, 15) is 0 Å². The zero-order valence-electron chi connectivity index (χ0n) is 11.2. The third-order valence-electron chi connectivity index (χ3n) is 4.53. The highest BCUT2D eigenvalue weighted by Gasteiger charge is 2.38. The van der Waals surface area contributed by atoms with E-state index in [1.807, 2.05) is 0 Å². The maximum Gasteiger partial charge on any atom is 0.0221 e. The molecule has 0 radical (unpaired) electrons. The smallest absolute Gasteiger partial charge is 0.0221 e. The second-order valence-corrected chi connectivity index (χ2v) is 6.84. The lowest BCUT2D eigenvalue weighted by Crippen LogP contribution is -2.47. The van der Waals surface area contributed by atoms with Crippen LogP contribution in [0.1, 0.15) is 52.9 Å². The summed E-state index contributed by atoms with van der Waals surface area (Å²) in [5, 5.41) is 0. The molecule has 0 spiro atoms. The van der Waals surface area contributed by atoms with Crippen LogP contribution in [0, 0.1) is 11.3 Å². The Bertz CT molecular complexity index is 237. The van der Waals surface area contributed by atoms with Gasteiger partial charge in [0.2, 0.25) is 0 Å². The topological polar surface area (TPSA) is 29.3 Å². The Morgan fingerprint density at radius 3 is 2.69 bits per heavy atom. The van der Waals surface area contributed by atoms with Crippen molar-refractivity contribution in [3.8, 4) is 0 Å². The molecule has 1 saturated carbocycles. The number of nitrogens with zero attached hydrogens (tertiary/aromatic N) is 1. The summed E-state index contributed by atoms with van der Waals surface area (Å²) in [4.78, 5) is 2.72. The number of hydrogen-bond donors (Lipinski definition) is 1. The zero-order valence-corrected chi connectivity index (χ0v) is 11.2. The van der Waals surface area contributed by atoms with Crippen LogP contribution in [0.4, 0.5) is 0 Å². The average molecular weight is 224 g/mol. The second-order valence-electron chi connectivity index (χ2n) is 6.84. The van der Waals surface area contributed by atoms with Crippen molar-refractivity contribution in [1.82, 2.24) is 4.90 Å². The van der Waals surface area contributed by atoms with Gasteiger partial charge in [-0.3, -0.25) is 4.90 Å². The van der Waals surface area contributed by atoms with Crippen molar-refractivity contribution in [2.75, 3.05) is 13.1 Å². The summed E-state index contributed by atoms with van der Waals surface area (Å²) in [6.45, 7) is 9.43. The molecule has 0 bridgehead atoms. The highest BCUT2D eigenvalue weighted by Crippen LogP contribution is 2.41. The summed E-state index contributed by atoms with van der Waals surface area (Å²) in [5.41, 5.74) is 6.42. The monoisotopic (exact) mass is 224 g/mol. The van der Waals surface area contributed by atoms with E-state index in [-0.39, 0.29) is 0 Å². The van der Waals surface area contributed by atoms with E-state index in [1.54, 1.807) is 0 Å². The molecule has 2 fully saturated rings. The lowest BCUT2D eigenvalue weighted by molar-refractivity contribution is 0.0609. The van der Waals surface area contributed by atoms with Gasteiger partial charge in [0.05, 0.1) is 0 Å². The molecule has 16 heavy (non-hydrogen) atoms. The number of hydrogen-bond acceptors (Lipinski definition) is 2. The number of nitrogens with two attached hydrogens (primary N) is 1. The van der Waals surface area contributed by atoms with Crippen molar-refractivity contribution >= 4 is 0 Å². The maximum absolute atomic E-state index is 5.89. The molecule has 1 heterocycles. The van der Waals surface area contributed by atoms with Crippen LogP contribution in [0.25, 0.3) is 0 Å². The van der Waals surface area contributed by atoms with Crippen LogP contribution in [0.3, 0.4) is 0 Å². The Kier molecular flexibility index (Phi) is 3.60. The molecule has 2 aliphatic rings. The standard InChI is InChI=1S/C14H28N2/c1-11-7-13(9-14(2,3)8-11)16-6-4-5-12(16)10-15/h11-13H,4-10,15H2,1-3H3. The largest absolute Gasteiger partial charge is 0.329 e. The lowest BCUT2D eigenvalue weighted by atomic mass is 9.70. The molecule has 0 aromatic heterocycles. The van der Waals surface area contributed by atoms with Crippen LogP contribution in [0.15, 0.2) is 0 Å². The van der Waals surface area contributed by atoms with Gasteiger partial charge in [-0.2, -0.15) is 0 Å². The molecule has 1 aliphatic carbocycles. The fraction of sp³-hybridized carbons (Fsp3) is 1.00. The quantitative estimate of drug-likeness (QED) is 0.781. The Morgan fingerprint density at radius 1 is 1.31 bits per heavy atom. The molecule has 0 aromatic carbocycles. The van der Waals surface area contributed by atoms with Gasteiger partial charge in [0.1, 0.15) is 0 Å². The minimum Gasteiger partial charge on any atom is -0.329 e. The summed E-state index contributed by atoms with van der Waals surface area (Å²) < 4.78 is 0. The van der Waals surface area contributed by atoms with Crippen LogP contribution in [-0.2, 0) is 0 Å². The van der Waals surface area contributed by atoms with Crippen molar-refractivity contribution < 1.29 is 0 Å². The number of likely N-dealkylation sites (tertiary alicyclic amines) is 1. The van der Waals surface area contributed by atoms with E-state index in [0.717, 1.165) is 18.5 Å². The molecule has 3 atom stereocenters. The van der Waals surface area contributed by atoms with Gasteiger partial charge in [0.25, 0.3) is 0 Å². The van der Waals surface area contributed by atoms with Gasteiger partial charge in [-0.25, -0.2) is 0 Å². The summed E-state index contributed by atoms with van der Waals surface area (Å²) in [7, 11) is 0. The molecular formula is C14H28N2. The molecule has 2 heteroatoms. The molecule has 0 aromatic rings. The normalized spacial score (nSPS) is 40.1. The third kappa shape index (κ3) is 2.60. The minimum atomic E-state index is 0.532. The molecule has 1 saturated heterocycles. The van der Waals surface area contributed by atoms with Gasteiger partial charge in [-0.15, -0.1) is 0 Å². The van der Waals surface area contributed by atoms with E-state index in [4.69, 9.17) is 5.73 Å². The van der Waals surface area contributed by atoms with Crippen molar-refractivity contribution in [2.45, 2.75) is 65.0 Å². The molecule has 3 unspecified atom stereocenters. The summed E-state index contributed by atoms with van der Waals surface area (Å²) in [6, 6.07) is 1.47. The summed E-state index contributed by atoms with van der Waals surface area (Å²) in [5.74, 6) is 0.882. The predicted octanol–water partition coefficient (Wildman–Crippen LogP) is 2.62. The van der Waals surface area contributed by atoms with Crippen molar-refractivity contribution in [3.63, 3.8) is 0 Å². The first-order valence-corrected chi connectivity index (χ1v) is 6.97. The molecule has 1 aliphatic heterocycles. The van der Waals surface area contributed by atoms with Gasteiger partial charge < -0.3 is 5.73 Å². The van der Waals surface area contributed by atoms with Crippen molar-refractivity contribution in [1.29, 1.82) is 0 Å². The molecule has 94 valence electrons. The SMILES string of the molecule is CC1CC(N2CCCC2CN)CC(C)(C)C1. The van der Waals surface area contributed by atoms with Crippen LogP contribution >= 0.6 is 0 Å². The predicted molar refractivity (Wildman–Crippen MR) is 69.4 cm³/mol. The summed E-state index contributed by atoms with van der Waals surface area (Å²) >= 11 is 0. The maximum atomic E-state index is 5.89. The van der Waals surface area contributed by atoms with Gasteiger partial charge in [-0.1, -0.05) is 20.8 Å². The van der Waals surface area contributed by atoms with Gasteiger partial charge in [0, 0.05) is 18.6 Å². The van der Waals surface area contributed by atoms with E-state index in [0.29, 0.717) is 11.5 Å². The fourth-order valence-corrected chi connectivity index (χ4v) is 4.14. The van der Waals surface area contributed by atoms with E-state index in [2.05, 4.69) is 25.7 Å². The first-order valence-electron chi connectivity index (χ1n) is 6.97. The Hall–Kier alpha value is -0.0800. The van der Waals surface area contributed by atoms with Crippen molar-refractivity contribution in [2.24, 2.45) is 17.1 Å². The Balaban J connectivity index is 2.03.